The Morgan fingerprint density at radius 2 is 1.12 bits per heavy atom. The van der Waals surface area contributed by atoms with Crippen LogP contribution in [0, 0.1) is 50.0 Å². The molecule has 2 radical (unpaired) electrons. The molecule has 0 unspecified atom stereocenters. The molecule has 114 heavy (non-hydrogen) atoms. The van der Waals surface area contributed by atoms with Gasteiger partial charge in [0.1, 0.15) is 17.0 Å². The summed E-state index contributed by atoms with van der Waals surface area (Å²) in [7, 11) is -2.70. The summed E-state index contributed by atoms with van der Waals surface area (Å²) in [4.78, 5) is 28.4. The predicted octanol–water partition coefficient (Wildman–Crippen LogP) is 25.0. The van der Waals surface area contributed by atoms with Crippen LogP contribution in [-0.2, 0) is 59.5 Å². The molecule has 0 aliphatic carbocycles. The van der Waals surface area contributed by atoms with Crippen LogP contribution >= 0.6 is 11.3 Å². The summed E-state index contributed by atoms with van der Waals surface area (Å²) < 4.78 is 35.8. The standard InChI is InChI=1S/C29H29GeN2O.C28H25N2O.C21H20NSSi.C20H17FNOSi.2Ir/c1-4-30(5-2,6-3)22-16-17-26(31-19-22)25-20-32-29-28(23-14-10-11-15-27(23)33-29)24(25)18-21-12-8-7-9-13-21;1-18(2)13-21-11-12-29-25(16-21)22-9-10-27-23(17-22)24-14-19(3)30-26(28(24)31-27)15-20-7-5-4-6-8-20;1-14-9-11-16(18-12-10-15(13-22-18)24(2,3)4)21-20(14)17-7-5-6-8-19(17)23-21;1-24(2,3)14-8-10-18(22-12-14)17-6-4-5-16-15-9-7-13(21)11-19(15)23-20(16)17;;/h7-17,19H,4-6,18H2,1-3H3;4-8,10-12,14,16-18H,13,15H2,1-3H3;5-10,12-13H,1-4H3;4-5,7-12H,1-3H3;;/q4*-1;;. The van der Waals surface area contributed by atoms with Gasteiger partial charge in [-0.2, -0.15) is 11.3 Å². The molecule has 0 bridgehead atoms. The van der Waals surface area contributed by atoms with E-state index in [4.69, 9.17) is 28.2 Å². The van der Waals surface area contributed by atoms with Crippen molar-refractivity contribution in [3.63, 3.8) is 0 Å². The summed E-state index contributed by atoms with van der Waals surface area (Å²) in [6.07, 6.45) is 13.9. The van der Waals surface area contributed by atoms with E-state index in [2.05, 4.69) is 284 Å². The number of hydrogen-bond donors (Lipinski definition) is 0. The number of hydrogen-bond acceptors (Lipinski definition) is 10. The average molecular weight is 1970 g/mol. The van der Waals surface area contributed by atoms with Gasteiger partial charge in [0.15, 0.2) is 0 Å². The zero-order valence-corrected chi connectivity index (χ0v) is 76.4. The summed E-state index contributed by atoms with van der Waals surface area (Å²) in [6.45, 7) is 29.7. The first-order valence-electron chi connectivity index (χ1n) is 38.9. The van der Waals surface area contributed by atoms with Crippen molar-refractivity contribution >= 4 is 142 Å². The van der Waals surface area contributed by atoms with E-state index in [1.54, 1.807) is 6.07 Å². The number of halogens is 1. The number of fused-ring (bicyclic) bond motifs is 12. The quantitative estimate of drug-likeness (QED) is 0.0688. The number of furan rings is 3. The second kappa shape index (κ2) is 35.3. The van der Waals surface area contributed by atoms with Crippen LogP contribution < -0.4 is 14.8 Å². The molecule has 9 nitrogen and oxygen atoms in total. The fourth-order valence-corrected chi connectivity index (χ4v) is 26.0. The molecule has 0 saturated heterocycles. The van der Waals surface area contributed by atoms with Crippen LogP contribution in [0.3, 0.4) is 0 Å². The summed E-state index contributed by atoms with van der Waals surface area (Å²) in [5.41, 5.74) is 20.2. The number of aryl methyl sites for hydroxylation is 2. The molecular formula is C98H91FGeIr2N6O3SSi2-4. The minimum atomic E-state index is -2.04. The third-order valence-corrected chi connectivity index (χ3v) is 38.7. The monoisotopic (exact) mass is 1970 g/mol. The van der Waals surface area contributed by atoms with E-state index < -0.39 is 29.4 Å². The Kier molecular flexibility index (Phi) is 25.5. The molecule has 0 saturated carbocycles. The van der Waals surface area contributed by atoms with Gasteiger partial charge in [0.25, 0.3) is 0 Å². The zero-order chi connectivity index (χ0) is 78.0. The zero-order valence-electron chi connectivity index (χ0n) is 66.7. The number of benzene rings is 8. The molecule has 8 aromatic carbocycles. The minimum Gasteiger partial charge on any atom is -0.500 e. The number of rotatable bonds is 16. The van der Waals surface area contributed by atoms with Gasteiger partial charge in [-0.05, 0) is 92.7 Å². The fraction of sp³-hybridized carbons (Fsp3) is 0.204. The summed E-state index contributed by atoms with van der Waals surface area (Å²) in [5, 5.41) is 15.5. The molecule has 16 heteroatoms. The Bertz CT molecular complexity index is 6410. The molecular weight excluding hydrogens is 1870 g/mol. The van der Waals surface area contributed by atoms with Gasteiger partial charge in [0.05, 0.1) is 33.0 Å². The van der Waals surface area contributed by atoms with E-state index >= 15 is 0 Å². The van der Waals surface area contributed by atoms with Crippen molar-refractivity contribution in [3.8, 4) is 45.0 Å². The van der Waals surface area contributed by atoms with Crippen molar-refractivity contribution in [1.29, 1.82) is 0 Å². The third-order valence-electron chi connectivity index (χ3n) is 21.7. The Balaban J connectivity index is 0.000000133. The maximum Gasteiger partial charge on any atom is 0.142 e. The van der Waals surface area contributed by atoms with Gasteiger partial charge < -0.3 is 23.8 Å². The van der Waals surface area contributed by atoms with E-state index in [-0.39, 0.29) is 46.0 Å². The second-order valence-electron chi connectivity index (χ2n) is 31.8. The topological polar surface area (TPSA) is 117 Å². The first-order valence-corrected chi connectivity index (χ1v) is 52.2. The number of pyridine rings is 6. The van der Waals surface area contributed by atoms with Crippen LogP contribution in [-0.4, -0.2) is 59.3 Å². The second-order valence-corrected chi connectivity index (χ2v) is 54.0. The Labute approximate surface area is 703 Å². The van der Waals surface area contributed by atoms with Crippen LogP contribution in [0.15, 0.2) is 250 Å². The molecule has 578 valence electrons. The van der Waals surface area contributed by atoms with Crippen molar-refractivity contribution in [2.45, 2.75) is 123 Å². The Morgan fingerprint density at radius 1 is 0.491 bits per heavy atom. The van der Waals surface area contributed by atoms with Crippen molar-refractivity contribution in [2.75, 3.05) is 0 Å². The third kappa shape index (κ3) is 17.5. The largest absolute Gasteiger partial charge is 0.500 e. The molecule has 0 spiro atoms. The van der Waals surface area contributed by atoms with Gasteiger partial charge >= 0.3 is 199 Å². The van der Waals surface area contributed by atoms with Crippen LogP contribution in [0.25, 0.3) is 131 Å². The molecule has 0 atom stereocenters. The van der Waals surface area contributed by atoms with Crippen molar-refractivity contribution in [1.82, 2.24) is 29.9 Å². The fourth-order valence-electron chi connectivity index (χ4n) is 15.3. The first kappa shape index (κ1) is 82.5. The molecule has 0 aliphatic rings. The molecule has 18 rings (SSSR count). The van der Waals surface area contributed by atoms with Crippen molar-refractivity contribution < 1.29 is 57.9 Å². The molecule has 10 heterocycles. The van der Waals surface area contributed by atoms with Gasteiger partial charge in [-0.3, -0.25) is 4.98 Å². The van der Waals surface area contributed by atoms with Gasteiger partial charge in [-0.1, -0.05) is 166 Å². The normalized spacial score (nSPS) is 11.7. The van der Waals surface area contributed by atoms with Crippen LogP contribution in [0.5, 0.6) is 0 Å². The van der Waals surface area contributed by atoms with E-state index in [9.17, 15) is 4.39 Å². The van der Waals surface area contributed by atoms with E-state index in [0.29, 0.717) is 22.8 Å². The smallest absolute Gasteiger partial charge is 0.142 e. The summed E-state index contributed by atoms with van der Waals surface area (Å²) in [5.74, 6) is 0.308. The van der Waals surface area contributed by atoms with Gasteiger partial charge in [0.2, 0.25) is 0 Å². The van der Waals surface area contributed by atoms with E-state index in [0.717, 1.165) is 125 Å². The molecule has 0 amide bonds. The van der Waals surface area contributed by atoms with Crippen LogP contribution in [0.4, 0.5) is 4.39 Å². The SMILES string of the molecule is C[CH2][Ge]([CH2]C)([CH2]C)[c]1ccc(-c2[c-]nc3oc4ccccc4c3c2Cc2ccccc2)nc1.C[Si](C)(C)c1ccc(-c2[c-]ccc3c2oc2cc(F)ccc23)nc1.Cc1c[c-]c(-c2ccc([Si](C)(C)C)cn2)c2sc3ccccc3c12.Cc1cc2c(oc3c[c-]c(-c4cc(CC(C)C)ccn4)cc32)c(Cc2ccccc2)n1.[Ir].[Ir]. The van der Waals surface area contributed by atoms with Gasteiger partial charge in [-0.15, -0.1) is 65.2 Å². The number of thiophene rings is 1. The maximum atomic E-state index is 13.5. The number of nitrogens with zero attached hydrogens (tertiary/aromatic N) is 6. The van der Waals surface area contributed by atoms with Crippen LogP contribution in [0.1, 0.15) is 73.8 Å². The Hall–Kier alpha value is -9.51. The van der Waals surface area contributed by atoms with E-state index in [1.807, 2.05) is 73.1 Å². The minimum absolute atomic E-state index is 0. The molecule has 0 N–H and O–H groups in total. The van der Waals surface area contributed by atoms with Crippen molar-refractivity contribution in [3.05, 3.63) is 307 Å². The number of para-hydroxylation sites is 1. The molecule has 10 aromatic heterocycles. The Morgan fingerprint density at radius 3 is 1.78 bits per heavy atom. The summed E-state index contributed by atoms with van der Waals surface area (Å²) in [6, 6.07) is 81.9. The van der Waals surface area contributed by atoms with Crippen LogP contribution in [0.2, 0.25) is 55.0 Å². The van der Waals surface area contributed by atoms with Gasteiger partial charge in [-0.25, -0.2) is 4.39 Å². The predicted molar refractivity (Wildman–Crippen MR) is 474 cm³/mol. The maximum absolute atomic E-state index is 13.5. The molecule has 18 aromatic rings. The molecule has 0 aliphatic heterocycles. The first-order chi connectivity index (χ1) is 54.1. The van der Waals surface area contributed by atoms with E-state index in [1.165, 1.54) is 90.7 Å². The number of aromatic nitrogens is 6. The molecule has 0 fully saturated rings. The average Bonchev–Trinajstić information content (AvgIpc) is 1.62. The van der Waals surface area contributed by atoms with Crippen molar-refractivity contribution in [2.24, 2.45) is 5.92 Å². The van der Waals surface area contributed by atoms with Gasteiger partial charge in [0, 0.05) is 92.5 Å². The summed E-state index contributed by atoms with van der Waals surface area (Å²) >= 11 is -0.197.